The summed E-state index contributed by atoms with van der Waals surface area (Å²) >= 11 is 0. The molecule has 0 aliphatic rings. The summed E-state index contributed by atoms with van der Waals surface area (Å²) in [7, 11) is 1.76. The molecule has 0 aliphatic heterocycles. The number of hydrogen-bond acceptors (Lipinski definition) is 4. The number of rotatable bonds is 5. The van der Waals surface area contributed by atoms with Gasteiger partial charge in [0.15, 0.2) is 5.82 Å². The Labute approximate surface area is 107 Å². The van der Waals surface area contributed by atoms with Gasteiger partial charge in [-0.25, -0.2) is 0 Å². The van der Waals surface area contributed by atoms with Crippen LogP contribution in [0.15, 0.2) is 24.3 Å². The molecule has 0 amide bonds. The Morgan fingerprint density at radius 1 is 1.39 bits per heavy atom. The van der Waals surface area contributed by atoms with Crippen molar-refractivity contribution < 1.29 is 0 Å². The van der Waals surface area contributed by atoms with Gasteiger partial charge in [-0.2, -0.15) is 4.80 Å². The molecule has 1 unspecified atom stereocenters. The van der Waals surface area contributed by atoms with Crippen LogP contribution in [0.2, 0.25) is 0 Å². The predicted molar refractivity (Wildman–Crippen MR) is 70.0 cm³/mol. The molecular weight excluding hydrogens is 226 g/mol. The van der Waals surface area contributed by atoms with Gasteiger partial charge in [-0.05, 0) is 30.5 Å². The zero-order valence-corrected chi connectivity index (χ0v) is 10.9. The quantitative estimate of drug-likeness (QED) is 0.854. The Bertz CT molecular complexity index is 506. The van der Waals surface area contributed by atoms with Gasteiger partial charge in [-0.1, -0.05) is 29.8 Å². The van der Waals surface area contributed by atoms with Crippen LogP contribution in [0.4, 0.5) is 0 Å². The molecule has 0 fully saturated rings. The Balaban J connectivity index is 1.83. The molecule has 5 nitrogen and oxygen atoms in total. The number of aryl methyl sites for hydroxylation is 3. The van der Waals surface area contributed by atoms with E-state index in [4.69, 9.17) is 5.73 Å². The number of nitrogens with two attached hydrogens (primary N) is 1. The lowest BCUT2D eigenvalue weighted by Crippen LogP contribution is -2.24. The fourth-order valence-electron chi connectivity index (χ4n) is 1.96. The summed E-state index contributed by atoms with van der Waals surface area (Å²) in [6.45, 7) is 2.10. The van der Waals surface area contributed by atoms with Crippen molar-refractivity contribution in [2.24, 2.45) is 12.8 Å². The topological polar surface area (TPSA) is 69.6 Å². The summed E-state index contributed by atoms with van der Waals surface area (Å²) in [5.74, 6) is 0.717. The van der Waals surface area contributed by atoms with E-state index < -0.39 is 0 Å². The Hall–Kier alpha value is -1.75. The second kappa shape index (κ2) is 5.73. The maximum atomic E-state index is 6.08. The first kappa shape index (κ1) is 12.7. The molecule has 0 spiro atoms. The standard InChI is InChI=1S/C13H19N5/c1-10-4-3-5-11(8-10)6-7-12(14)9-13-15-17-18(2)16-13/h3-5,8,12H,6-7,9,14H2,1-2H3. The Kier molecular flexibility index (Phi) is 4.04. The van der Waals surface area contributed by atoms with Gasteiger partial charge in [0.25, 0.3) is 0 Å². The average molecular weight is 245 g/mol. The zero-order chi connectivity index (χ0) is 13.0. The molecular formula is C13H19N5. The van der Waals surface area contributed by atoms with Crippen LogP contribution in [0.5, 0.6) is 0 Å². The number of benzene rings is 1. The first-order valence-electron chi connectivity index (χ1n) is 6.17. The van der Waals surface area contributed by atoms with Crippen LogP contribution in [-0.4, -0.2) is 26.2 Å². The highest BCUT2D eigenvalue weighted by molar-refractivity contribution is 5.22. The van der Waals surface area contributed by atoms with Crippen molar-refractivity contribution in [2.45, 2.75) is 32.2 Å². The second-order valence-corrected chi connectivity index (χ2v) is 4.69. The molecule has 0 bridgehead atoms. The molecule has 0 saturated carbocycles. The monoisotopic (exact) mass is 245 g/mol. The molecule has 2 N–H and O–H groups in total. The number of nitrogens with zero attached hydrogens (tertiary/aromatic N) is 4. The van der Waals surface area contributed by atoms with Crippen molar-refractivity contribution in [2.75, 3.05) is 0 Å². The molecule has 1 atom stereocenters. The molecule has 2 aromatic rings. The van der Waals surface area contributed by atoms with E-state index in [-0.39, 0.29) is 6.04 Å². The highest BCUT2D eigenvalue weighted by Gasteiger charge is 2.08. The third-order valence-corrected chi connectivity index (χ3v) is 2.88. The number of aromatic nitrogens is 4. The second-order valence-electron chi connectivity index (χ2n) is 4.69. The molecule has 5 heteroatoms. The van der Waals surface area contributed by atoms with E-state index in [0.717, 1.165) is 12.8 Å². The van der Waals surface area contributed by atoms with Gasteiger partial charge < -0.3 is 5.73 Å². The van der Waals surface area contributed by atoms with Gasteiger partial charge in [-0.3, -0.25) is 0 Å². The SMILES string of the molecule is Cc1cccc(CCC(N)Cc2nnn(C)n2)c1. The normalized spacial score (nSPS) is 12.6. The lowest BCUT2D eigenvalue weighted by molar-refractivity contribution is 0.587. The van der Waals surface area contributed by atoms with Crippen molar-refractivity contribution >= 4 is 0 Å². The number of tetrazole rings is 1. The molecule has 1 heterocycles. The summed E-state index contributed by atoms with van der Waals surface area (Å²) in [6, 6.07) is 8.61. The maximum Gasteiger partial charge on any atom is 0.176 e. The van der Waals surface area contributed by atoms with E-state index >= 15 is 0 Å². The van der Waals surface area contributed by atoms with E-state index in [2.05, 4.69) is 46.6 Å². The van der Waals surface area contributed by atoms with Crippen LogP contribution in [0, 0.1) is 6.92 Å². The molecule has 2 rings (SSSR count). The summed E-state index contributed by atoms with van der Waals surface area (Å²) < 4.78 is 0. The van der Waals surface area contributed by atoms with Gasteiger partial charge in [0.05, 0.1) is 7.05 Å². The van der Waals surface area contributed by atoms with E-state index in [0.29, 0.717) is 12.2 Å². The fraction of sp³-hybridized carbons (Fsp3) is 0.462. The van der Waals surface area contributed by atoms with Crippen LogP contribution in [-0.2, 0) is 19.9 Å². The largest absolute Gasteiger partial charge is 0.327 e. The molecule has 96 valence electrons. The third-order valence-electron chi connectivity index (χ3n) is 2.88. The van der Waals surface area contributed by atoms with Gasteiger partial charge in [0.1, 0.15) is 0 Å². The summed E-state index contributed by atoms with van der Waals surface area (Å²) in [6.07, 6.45) is 2.60. The van der Waals surface area contributed by atoms with E-state index in [1.807, 2.05) is 0 Å². The average Bonchev–Trinajstić information content (AvgIpc) is 2.72. The minimum absolute atomic E-state index is 0.0784. The maximum absolute atomic E-state index is 6.08. The molecule has 0 radical (unpaired) electrons. The molecule has 18 heavy (non-hydrogen) atoms. The van der Waals surface area contributed by atoms with Crippen LogP contribution in [0.1, 0.15) is 23.4 Å². The van der Waals surface area contributed by atoms with Crippen molar-refractivity contribution in [3.05, 3.63) is 41.2 Å². The van der Waals surface area contributed by atoms with E-state index in [9.17, 15) is 0 Å². The molecule has 1 aromatic carbocycles. The van der Waals surface area contributed by atoms with Crippen LogP contribution >= 0.6 is 0 Å². The minimum atomic E-state index is 0.0784. The van der Waals surface area contributed by atoms with Crippen LogP contribution < -0.4 is 5.73 Å². The molecule has 0 saturated heterocycles. The van der Waals surface area contributed by atoms with Crippen molar-refractivity contribution in [1.82, 2.24) is 20.2 Å². The smallest absolute Gasteiger partial charge is 0.176 e. The number of hydrogen-bond donors (Lipinski definition) is 1. The van der Waals surface area contributed by atoms with Gasteiger partial charge >= 0.3 is 0 Å². The first-order valence-corrected chi connectivity index (χ1v) is 6.17. The van der Waals surface area contributed by atoms with Gasteiger partial charge in [0, 0.05) is 12.5 Å². The van der Waals surface area contributed by atoms with Crippen LogP contribution in [0.3, 0.4) is 0 Å². The van der Waals surface area contributed by atoms with Crippen LogP contribution in [0.25, 0.3) is 0 Å². The highest BCUT2D eigenvalue weighted by atomic mass is 15.6. The summed E-state index contributed by atoms with van der Waals surface area (Å²) in [4.78, 5) is 1.46. The summed E-state index contributed by atoms with van der Waals surface area (Å²) in [5, 5.41) is 11.9. The molecule has 1 aromatic heterocycles. The zero-order valence-electron chi connectivity index (χ0n) is 10.9. The fourth-order valence-corrected chi connectivity index (χ4v) is 1.96. The van der Waals surface area contributed by atoms with Gasteiger partial charge in [0.2, 0.25) is 0 Å². The van der Waals surface area contributed by atoms with Crippen molar-refractivity contribution in [3.63, 3.8) is 0 Å². The lowest BCUT2D eigenvalue weighted by Gasteiger charge is -2.09. The van der Waals surface area contributed by atoms with Crippen molar-refractivity contribution in [1.29, 1.82) is 0 Å². The summed E-state index contributed by atoms with van der Waals surface area (Å²) in [5.41, 5.74) is 8.70. The van der Waals surface area contributed by atoms with E-state index in [1.165, 1.54) is 15.9 Å². The first-order chi connectivity index (χ1) is 8.63. The third kappa shape index (κ3) is 3.63. The minimum Gasteiger partial charge on any atom is -0.327 e. The van der Waals surface area contributed by atoms with Gasteiger partial charge in [-0.15, -0.1) is 10.2 Å². The Morgan fingerprint density at radius 3 is 2.89 bits per heavy atom. The predicted octanol–water partition coefficient (Wildman–Crippen LogP) is 1.02. The highest BCUT2D eigenvalue weighted by Crippen LogP contribution is 2.08. The van der Waals surface area contributed by atoms with Crippen molar-refractivity contribution in [3.8, 4) is 0 Å². The molecule has 0 aliphatic carbocycles. The Morgan fingerprint density at radius 2 is 2.22 bits per heavy atom. The van der Waals surface area contributed by atoms with E-state index in [1.54, 1.807) is 7.05 Å². The lowest BCUT2D eigenvalue weighted by atomic mass is 10.0.